The lowest BCUT2D eigenvalue weighted by Gasteiger charge is -2.13. The van der Waals surface area contributed by atoms with Crippen molar-refractivity contribution in [2.45, 2.75) is 33.2 Å². The monoisotopic (exact) mass is 275 g/mol. The van der Waals surface area contributed by atoms with Gasteiger partial charge in [0.25, 0.3) is 0 Å². The summed E-state index contributed by atoms with van der Waals surface area (Å²) in [6.45, 7) is 7.46. The average molecular weight is 275 g/mol. The highest BCUT2D eigenvalue weighted by molar-refractivity contribution is 5.82. The van der Waals surface area contributed by atoms with Crippen LogP contribution in [0, 0.1) is 6.92 Å². The molecule has 0 unspecified atom stereocenters. The molecule has 0 bridgehead atoms. The average Bonchev–Trinajstić information content (AvgIpc) is 2.37. The molecule has 0 aliphatic heterocycles. The van der Waals surface area contributed by atoms with Crippen LogP contribution in [-0.4, -0.2) is 18.3 Å². The SMILES string of the molecule is Cc1cc2oc(=O)cc(CNCCO)c2cc1C(C)C. The summed E-state index contributed by atoms with van der Waals surface area (Å²) in [5.41, 5.74) is 3.59. The fourth-order valence-corrected chi connectivity index (χ4v) is 2.46. The van der Waals surface area contributed by atoms with E-state index in [4.69, 9.17) is 9.52 Å². The van der Waals surface area contributed by atoms with E-state index in [0.29, 0.717) is 24.6 Å². The molecule has 0 aliphatic carbocycles. The highest BCUT2D eigenvalue weighted by Gasteiger charge is 2.11. The molecule has 0 radical (unpaired) electrons. The maximum Gasteiger partial charge on any atom is 0.336 e. The van der Waals surface area contributed by atoms with E-state index in [0.717, 1.165) is 16.5 Å². The fraction of sp³-hybridized carbons (Fsp3) is 0.438. The maximum absolute atomic E-state index is 11.6. The van der Waals surface area contributed by atoms with Gasteiger partial charge in [-0.05, 0) is 41.7 Å². The number of aliphatic hydroxyl groups excluding tert-OH is 1. The number of hydrogen-bond donors (Lipinski definition) is 2. The largest absolute Gasteiger partial charge is 0.423 e. The Balaban J connectivity index is 2.54. The second-order valence-corrected chi connectivity index (χ2v) is 5.35. The van der Waals surface area contributed by atoms with Crippen LogP contribution in [0.2, 0.25) is 0 Å². The number of aryl methyl sites for hydroxylation is 1. The van der Waals surface area contributed by atoms with E-state index in [1.807, 2.05) is 13.0 Å². The molecule has 0 spiro atoms. The first-order valence-corrected chi connectivity index (χ1v) is 6.91. The van der Waals surface area contributed by atoms with Gasteiger partial charge in [0.05, 0.1) is 6.61 Å². The third-order valence-corrected chi connectivity index (χ3v) is 3.44. The van der Waals surface area contributed by atoms with E-state index in [1.54, 1.807) is 0 Å². The van der Waals surface area contributed by atoms with Gasteiger partial charge in [-0.2, -0.15) is 0 Å². The normalized spacial score (nSPS) is 11.4. The van der Waals surface area contributed by atoms with Gasteiger partial charge in [0, 0.05) is 24.5 Å². The standard InChI is InChI=1S/C16H21NO3/c1-10(2)13-8-14-12(9-17-4-5-18)7-16(19)20-15(14)6-11(13)3/h6-8,10,17-18H,4-5,9H2,1-3H3. The summed E-state index contributed by atoms with van der Waals surface area (Å²) in [4.78, 5) is 11.6. The highest BCUT2D eigenvalue weighted by atomic mass is 16.4. The zero-order chi connectivity index (χ0) is 14.7. The lowest BCUT2D eigenvalue weighted by molar-refractivity contribution is 0.292. The van der Waals surface area contributed by atoms with Gasteiger partial charge in [0.15, 0.2) is 0 Å². The lowest BCUT2D eigenvalue weighted by Crippen LogP contribution is -2.18. The molecule has 4 nitrogen and oxygen atoms in total. The Hall–Kier alpha value is -1.65. The summed E-state index contributed by atoms with van der Waals surface area (Å²) < 4.78 is 5.29. The van der Waals surface area contributed by atoms with Gasteiger partial charge in [0.1, 0.15) is 5.58 Å². The molecule has 0 saturated heterocycles. The minimum Gasteiger partial charge on any atom is -0.423 e. The van der Waals surface area contributed by atoms with Crippen LogP contribution in [0.5, 0.6) is 0 Å². The Morgan fingerprint density at radius 1 is 1.30 bits per heavy atom. The van der Waals surface area contributed by atoms with Crippen molar-refractivity contribution in [2.24, 2.45) is 0 Å². The van der Waals surface area contributed by atoms with Gasteiger partial charge in [-0.3, -0.25) is 0 Å². The maximum atomic E-state index is 11.6. The molecule has 1 aromatic heterocycles. The summed E-state index contributed by atoms with van der Waals surface area (Å²) in [7, 11) is 0. The molecule has 20 heavy (non-hydrogen) atoms. The number of hydrogen-bond acceptors (Lipinski definition) is 4. The molecule has 2 N–H and O–H groups in total. The molecule has 2 aromatic rings. The van der Waals surface area contributed by atoms with E-state index in [2.05, 4.69) is 25.2 Å². The molecule has 1 aromatic carbocycles. The number of nitrogens with one attached hydrogen (secondary N) is 1. The Kier molecular flexibility index (Phi) is 4.57. The molecule has 0 amide bonds. The van der Waals surface area contributed by atoms with Gasteiger partial charge >= 0.3 is 5.63 Å². The first-order chi connectivity index (χ1) is 9.52. The van der Waals surface area contributed by atoms with Crippen molar-refractivity contribution in [3.05, 3.63) is 45.3 Å². The number of rotatable bonds is 5. The quantitative estimate of drug-likeness (QED) is 0.649. The number of benzene rings is 1. The Morgan fingerprint density at radius 2 is 2.05 bits per heavy atom. The first-order valence-electron chi connectivity index (χ1n) is 6.91. The van der Waals surface area contributed by atoms with Crippen molar-refractivity contribution in [3.63, 3.8) is 0 Å². The van der Waals surface area contributed by atoms with Crippen molar-refractivity contribution >= 4 is 11.0 Å². The smallest absolute Gasteiger partial charge is 0.336 e. The summed E-state index contributed by atoms with van der Waals surface area (Å²) in [6.07, 6.45) is 0. The van der Waals surface area contributed by atoms with E-state index >= 15 is 0 Å². The second-order valence-electron chi connectivity index (χ2n) is 5.35. The van der Waals surface area contributed by atoms with Crippen molar-refractivity contribution in [1.82, 2.24) is 5.32 Å². The summed E-state index contributed by atoms with van der Waals surface area (Å²) in [5, 5.41) is 12.9. The molecular formula is C16H21NO3. The van der Waals surface area contributed by atoms with Crippen LogP contribution in [0.4, 0.5) is 0 Å². The molecule has 2 rings (SSSR count). The van der Waals surface area contributed by atoms with E-state index < -0.39 is 0 Å². The van der Waals surface area contributed by atoms with Crippen molar-refractivity contribution < 1.29 is 9.52 Å². The molecule has 4 heteroatoms. The predicted octanol–water partition coefficient (Wildman–Crippen LogP) is 2.31. The van der Waals surface area contributed by atoms with Crippen LogP contribution < -0.4 is 10.9 Å². The molecular weight excluding hydrogens is 254 g/mol. The Morgan fingerprint density at radius 3 is 2.70 bits per heavy atom. The van der Waals surface area contributed by atoms with Crippen LogP contribution in [-0.2, 0) is 6.54 Å². The Bertz CT molecular complexity index is 659. The zero-order valence-corrected chi connectivity index (χ0v) is 12.2. The van der Waals surface area contributed by atoms with Gasteiger partial charge in [-0.15, -0.1) is 0 Å². The van der Waals surface area contributed by atoms with Crippen molar-refractivity contribution in [1.29, 1.82) is 0 Å². The predicted molar refractivity (Wildman–Crippen MR) is 80.1 cm³/mol. The third kappa shape index (κ3) is 3.08. The number of aliphatic hydroxyl groups is 1. The summed E-state index contributed by atoms with van der Waals surface area (Å²) in [6, 6.07) is 5.56. The van der Waals surface area contributed by atoms with E-state index in [9.17, 15) is 4.79 Å². The molecule has 1 heterocycles. The first kappa shape index (κ1) is 14.8. The molecule has 0 atom stereocenters. The van der Waals surface area contributed by atoms with Gasteiger partial charge in [-0.1, -0.05) is 13.8 Å². The lowest BCUT2D eigenvalue weighted by atomic mass is 9.95. The van der Waals surface area contributed by atoms with E-state index in [-0.39, 0.29) is 12.2 Å². The zero-order valence-electron chi connectivity index (χ0n) is 12.2. The van der Waals surface area contributed by atoms with E-state index in [1.165, 1.54) is 11.6 Å². The van der Waals surface area contributed by atoms with Crippen LogP contribution in [0.25, 0.3) is 11.0 Å². The second kappa shape index (κ2) is 6.20. The van der Waals surface area contributed by atoms with Crippen molar-refractivity contribution in [3.8, 4) is 0 Å². The summed E-state index contributed by atoms with van der Waals surface area (Å²) >= 11 is 0. The minimum absolute atomic E-state index is 0.0791. The molecule has 0 saturated carbocycles. The third-order valence-electron chi connectivity index (χ3n) is 3.44. The highest BCUT2D eigenvalue weighted by Crippen LogP contribution is 2.26. The summed E-state index contributed by atoms with van der Waals surface area (Å²) in [5.74, 6) is 0.421. The van der Waals surface area contributed by atoms with Crippen LogP contribution >= 0.6 is 0 Å². The topological polar surface area (TPSA) is 62.5 Å². The fourth-order valence-electron chi connectivity index (χ4n) is 2.46. The molecule has 0 fully saturated rings. The van der Waals surface area contributed by atoms with Crippen LogP contribution in [0.1, 0.15) is 36.5 Å². The minimum atomic E-state index is -0.338. The van der Waals surface area contributed by atoms with Gasteiger partial charge < -0.3 is 14.8 Å². The molecule has 108 valence electrons. The Labute approximate surface area is 118 Å². The van der Waals surface area contributed by atoms with Gasteiger partial charge in [0.2, 0.25) is 0 Å². The van der Waals surface area contributed by atoms with Crippen molar-refractivity contribution in [2.75, 3.05) is 13.2 Å². The number of fused-ring (bicyclic) bond motifs is 1. The molecule has 0 aliphatic rings. The van der Waals surface area contributed by atoms with Crippen LogP contribution in [0.15, 0.2) is 27.4 Å². The van der Waals surface area contributed by atoms with Gasteiger partial charge in [-0.25, -0.2) is 4.79 Å². The van der Waals surface area contributed by atoms with Crippen LogP contribution in [0.3, 0.4) is 0 Å².